The van der Waals surface area contributed by atoms with Crippen molar-refractivity contribution in [3.05, 3.63) is 72.1 Å². The van der Waals surface area contributed by atoms with Gasteiger partial charge in [0.2, 0.25) is 5.89 Å². The summed E-state index contributed by atoms with van der Waals surface area (Å²) in [7, 11) is 3.12. The second-order valence-corrected chi connectivity index (χ2v) is 6.26. The number of pyridine rings is 1. The highest BCUT2D eigenvalue weighted by atomic mass is 16.5. The average Bonchev–Trinajstić information content (AvgIpc) is 3.18. The molecule has 0 atom stereocenters. The van der Waals surface area contributed by atoms with Crippen molar-refractivity contribution >= 4 is 16.9 Å². The molecule has 6 nitrogen and oxygen atoms in total. The number of ketones is 1. The first-order valence-electron chi connectivity index (χ1n) is 8.72. The smallest absolute Gasteiger partial charge is 0.227 e. The monoisotopic (exact) mass is 374 g/mol. The van der Waals surface area contributed by atoms with Crippen LogP contribution in [0.1, 0.15) is 15.9 Å². The maximum atomic E-state index is 12.8. The zero-order valence-electron chi connectivity index (χ0n) is 15.5. The Morgan fingerprint density at radius 3 is 2.54 bits per heavy atom. The van der Waals surface area contributed by atoms with Gasteiger partial charge >= 0.3 is 0 Å². The maximum Gasteiger partial charge on any atom is 0.227 e. The van der Waals surface area contributed by atoms with Gasteiger partial charge in [-0.1, -0.05) is 12.1 Å². The minimum Gasteiger partial charge on any atom is -0.497 e. The van der Waals surface area contributed by atoms with Crippen molar-refractivity contribution in [3.63, 3.8) is 0 Å². The highest BCUT2D eigenvalue weighted by Crippen LogP contribution is 2.26. The van der Waals surface area contributed by atoms with Crippen LogP contribution >= 0.6 is 0 Å². The van der Waals surface area contributed by atoms with Crippen molar-refractivity contribution in [2.24, 2.45) is 0 Å². The van der Waals surface area contributed by atoms with E-state index < -0.39 is 0 Å². The molecular formula is C22H18N2O4. The second-order valence-electron chi connectivity index (χ2n) is 6.26. The number of rotatable bonds is 6. The predicted molar refractivity (Wildman–Crippen MR) is 105 cm³/mol. The molecule has 0 radical (unpaired) electrons. The Hall–Kier alpha value is -3.67. The molecule has 2 heterocycles. The molecule has 4 aromatic rings. The van der Waals surface area contributed by atoms with E-state index in [1.807, 2.05) is 24.3 Å². The third-order valence-corrected chi connectivity index (χ3v) is 4.40. The molecule has 0 saturated carbocycles. The van der Waals surface area contributed by atoms with Crippen LogP contribution in [0.2, 0.25) is 0 Å². The highest BCUT2D eigenvalue weighted by molar-refractivity contribution is 5.98. The number of aromatic nitrogens is 2. The van der Waals surface area contributed by atoms with Crippen LogP contribution in [0.15, 0.2) is 65.3 Å². The number of hydrogen-bond donors (Lipinski definition) is 0. The summed E-state index contributed by atoms with van der Waals surface area (Å²) in [5.41, 5.74) is 3.58. The molecule has 28 heavy (non-hydrogen) atoms. The number of carbonyl (C=O) groups excluding carboxylic acids is 1. The molecule has 0 aliphatic rings. The van der Waals surface area contributed by atoms with Crippen LogP contribution in [-0.2, 0) is 6.42 Å². The number of ether oxygens (including phenoxy) is 2. The molecule has 6 heteroatoms. The summed E-state index contributed by atoms with van der Waals surface area (Å²) >= 11 is 0. The van der Waals surface area contributed by atoms with Crippen molar-refractivity contribution in [3.8, 4) is 23.0 Å². The molecule has 0 saturated heterocycles. The number of methoxy groups -OCH3 is 2. The third kappa shape index (κ3) is 3.57. The van der Waals surface area contributed by atoms with Crippen LogP contribution in [0.5, 0.6) is 11.5 Å². The van der Waals surface area contributed by atoms with Crippen LogP contribution < -0.4 is 9.47 Å². The fourth-order valence-electron chi connectivity index (χ4n) is 2.97. The first-order valence-corrected chi connectivity index (χ1v) is 8.72. The molecule has 0 unspecified atom stereocenters. The minimum atomic E-state index is -0.0314. The number of nitrogens with zero attached hydrogens (tertiary/aromatic N) is 2. The van der Waals surface area contributed by atoms with Crippen molar-refractivity contribution in [1.82, 2.24) is 9.97 Å². The first kappa shape index (κ1) is 17.7. The molecule has 0 amide bonds. The Morgan fingerprint density at radius 1 is 1.04 bits per heavy atom. The fourth-order valence-corrected chi connectivity index (χ4v) is 2.97. The van der Waals surface area contributed by atoms with E-state index >= 15 is 0 Å². The molecule has 4 rings (SSSR count). The first-order chi connectivity index (χ1) is 13.7. The fraction of sp³-hybridized carbons (Fsp3) is 0.136. The number of oxazole rings is 1. The van der Waals surface area contributed by atoms with E-state index in [-0.39, 0.29) is 12.2 Å². The summed E-state index contributed by atoms with van der Waals surface area (Å²) in [6, 6.07) is 14.5. The Balaban J connectivity index is 1.60. The van der Waals surface area contributed by atoms with Gasteiger partial charge in [0.25, 0.3) is 0 Å². The molecule has 0 aliphatic carbocycles. The molecule has 2 aromatic heterocycles. The molecule has 0 fully saturated rings. The molecule has 0 spiro atoms. The normalized spacial score (nSPS) is 10.8. The van der Waals surface area contributed by atoms with Crippen LogP contribution in [0.4, 0.5) is 0 Å². The van der Waals surface area contributed by atoms with Gasteiger partial charge in [-0.25, -0.2) is 4.98 Å². The standard InChI is InChI=1S/C22H18N2O4/c1-26-17-10-16(11-18(12-17)27-2)20(25)9-14-4-3-5-15(8-14)22-24-19-13-23-7-6-21(19)28-22/h3-8,10-13H,9H2,1-2H3. The number of fused-ring (bicyclic) bond motifs is 1. The Morgan fingerprint density at radius 2 is 1.82 bits per heavy atom. The van der Waals surface area contributed by atoms with Gasteiger partial charge in [-0.15, -0.1) is 0 Å². The lowest BCUT2D eigenvalue weighted by molar-refractivity contribution is 0.0992. The Labute approximate surface area is 161 Å². The summed E-state index contributed by atoms with van der Waals surface area (Å²) in [5, 5.41) is 0. The SMILES string of the molecule is COc1cc(OC)cc(C(=O)Cc2cccc(-c3nc4cnccc4o3)c2)c1. The topological polar surface area (TPSA) is 74.5 Å². The molecule has 2 aromatic carbocycles. The number of hydrogen-bond acceptors (Lipinski definition) is 6. The lowest BCUT2D eigenvalue weighted by Crippen LogP contribution is -2.04. The summed E-state index contributed by atoms with van der Waals surface area (Å²) in [4.78, 5) is 21.3. The van der Waals surface area contributed by atoms with Crippen LogP contribution in [0.3, 0.4) is 0 Å². The summed E-state index contributed by atoms with van der Waals surface area (Å²) < 4.78 is 16.3. The summed E-state index contributed by atoms with van der Waals surface area (Å²) in [5.74, 6) is 1.63. The van der Waals surface area contributed by atoms with Crippen molar-refractivity contribution in [2.45, 2.75) is 6.42 Å². The Kier molecular flexibility index (Phi) is 4.76. The molecule has 0 N–H and O–H groups in total. The molecule has 140 valence electrons. The number of benzene rings is 2. The van der Waals surface area contributed by atoms with Gasteiger partial charge in [-0.2, -0.15) is 0 Å². The molecule has 0 aliphatic heterocycles. The van der Waals surface area contributed by atoms with Gasteiger partial charge in [0.1, 0.15) is 17.0 Å². The number of Topliss-reactive ketones (excluding diaryl/α,β-unsaturated/α-hetero) is 1. The summed E-state index contributed by atoms with van der Waals surface area (Å²) in [6.45, 7) is 0. The van der Waals surface area contributed by atoms with Gasteiger partial charge < -0.3 is 13.9 Å². The van der Waals surface area contributed by atoms with Crippen LogP contribution in [0, 0.1) is 0 Å². The highest BCUT2D eigenvalue weighted by Gasteiger charge is 2.13. The quantitative estimate of drug-likeness (QED) is 0.468. The van der Waals surface area contributed by atoms with Crippen molar-refractivity contribution < 1.29 is 18.7 Å². The predicted octanol–water partition coefficient (Wildman–Crippen LogP) is 4.33. The van der Waals surface area contributed by atoms with Gasteiger partial charge in [0.15, 0.2) is 11.4 Å². The number of carbonyl (C=O) groups is 1. The van der Waals surface area contributed by atoms with E-state index in [1.54, 1.807) is 50.9 Å². The molecular weight excluding hydrogens is 356 g/mol. The minimum absolute atomic E-state index is 0.0314. The second kappa shape index (κ2) is 7.52. The van der Waals surface area contributed by atoms with Crippen LogP contribution in [0.25, 0.3) is 22.6 Å². The van der Waals surface area contributed by atoms with Crippen molar-refractivity contribution in [2.75, 3.05) is 14.2 Å². The zero-order chi connectivity index (χ0) is 19.5. The van der Waals surface area contributed by atoms with E-state index in [4.69, 9.17) is 13.9 Å². The molecule has 0 bridgehead atoms. The van der Waals surface area contributed by atoms with Gasteiger partial charge in [0, 0.05) is 35.9 Å². The summed E-state index contributed by atoms with van der Waals surface area (Å²) in [6.07, 6.45) is 3.56. The van der Waals surface area contributed by atoms with Crippen LogP contribution in [-0.4, -0.2) is 30.0 Å². The van der Waals surface area contributed by atoms with Gasteiger partial charge in [0.05, 0.1) is 20.4 Å². The van der Waals surface area contributed by atoms with Crippen molar-refractivity contribution in [1.29, 1.82) is 0 Å². The van der Waals surface area contributed by atoms with E-state index in [2.05, 4.69) is 9.97 Å². The van der Waals surface area contributed by atoms with E-state index in [9.17, 15) is 4.79 Å². The van der Waals surface area contributed by atoms with Gasteiger partial charge in [-0.3, -0.25) is 9.78 Å². The van der Waals surface area contributed by atoms with E-state index in [0.717, 1.165) is 11.1 Å². The van der Waals surface area contributed by atoms with E-state index in [0.29, 0.717) is 34.1 Å². The average molecular weight is 374 g/mol. The van der Waals surface area contributed by atoms with Gasteiger partial charge in [-0.05, 0) is 29.8 Å². The lowest BCUT2D eigenvalue weighted by Gasteiger charge is -2.08. The lowest BCUT2D eigenvalue weighted by atomic mass is 10.0. The Bertz CT molecular complexity index is 1090. The maximum absolute atomic E-state index is 12.8. The largest absolute Gasteiger partial charge is 0.497 e. The van der Waals surface area contributed by atoms with E-state index in [1.165, 1.54) is 0 Å². The third-order valence-electron chi connectivity index (χ3n) is 4.40. The zero-order valence-corrected chi connectivity index (χ0v) is 15.5.